The smallest absolute Gasteiger partial charge is 0.151 e. The summed E-state index contributed by atoms with van der Waals surface area (Å²) in [6.45, 7) is 3.29. The first kappa shape index (κ1) is 8.20. The van der Waals surface area contributed by atoms with E-state index < -0.39 is 5.60 Å². The summed E-state index contributed by atoms with van der Waals surface area (Å²) in [5.41, 5.74) is -0.677. The normalized spacial score (nSPS) is 47.1. The molecule has 68 valence electrons. The summed E-state index contributed by atoms with van der Waals surface area (Å²) in [5.74, 6) is 0. The maximum Gasteiger partial charge on any atom is 0.151 e. The summed E-state index contributed by atoms with van der Waals surface area (Å²) in [5, 5.41) is 0. The molecular formula is C9H14O3. The monoisotopic (exact) mass is 170 g/mol. The Balaban J connectivity index is 2.10. The lowest BCUT2D eigenvalue weighted by Crippen LogP contribution is -2.35. The fourth-order valence-electron chi connectivity index (χ4n) is 2.02. The molecule has 0 aromatic heterocycles. The van der Waals surface area contributed by atoms with Gasteiger partial charge in [0.1, 0.15) is 5.60 Å². The predicted molar refractivity (Wildman–Crippen MR) is 43.0 cm³/mol. The third kappa shape index (κ3) is 1.17. The average Bonchev–Trinajstić information content (AvgIpc) is 2.63. The van der Waals surface area contributed by atoms with Crippen LogP contribution in [0.3, 0.4) is 0 Å². The maximum atomic E-state index is 10.7. The fourth-order valence-corrected chi connectivity index (χ4v) is 2.02. The van der Waals surface area contributed by atoms with Gasteiger partial charge in [0.25, 0.3) is 0 Å². The topological polar surface area (TPSA) is 35.5 Å². The molecule has 3 nitrogen and oxygen atoms in total. The summed E-state index contributed by atoms with van der Waals surface area (Å²) in [6, 6.07) is 0. The van der Waals surface area contributed by atoms with Crippen molar-refractivity contribution in [3.05, 3.63) is 0 Å². The fraction of sp³-hybridized carbons (Fsp3) is 0.889. The molecule has 2 aliphatic heterocycles. The molecule has 2 heterocycles. The van der Waals surface area contributed by atoms with Gasteiger partial charge >= 0.3 is 0 Å². The number of hydrogen-bond acceptors (Lipinski definition) is 3. The van der Waals surface area contributed by atoms with Crippen LogP contribution < -0.4 is 0 Å². The van der Waals surface area contributed by atoms with Crippen molar-refractivity contribution in [3.63, 3.8) is 0 Å². The van der Waals surface area contributed by atoms with Crippen molar-refractivity contribution in [2.45, 2.75) is 37.4 Å². The maximum absolute atomic E-state index is 10.7. The molecule has 0 bridgehead atoms. The molecule has 2 unspecified atom stereocenters. The molecule has 2 saturated heterocycles. The Morgan fingerprint density at radius 3 is 2.67 bits per heavy atom. The van der Waals surface area contributed by atoms with E-state index in [-0.39, 0.29) is 5.60 Å². The molecule has 2 fully saturated rings. The summed E-state index contributed by atoms with van der Waals surface area (Å²) in [6.07, 6.45) is 3.65. The van der Waals surface area contributed by atoms with Gasteiger partial charge in [-0.05, 0) is 19.8 Å². The van der Waals surface area contributed by atoms with E-state index in [1.807, 2.05) is 6.92 Å². The molecule has 12 heavy (non-hydrogen) atoms. The van der Waals surface area contributed by atoms with Gasteiger partial charge < -0.3 is 14.3 Å². The van der Waals surface area contributed by atoms with Crippen molar-refractivity contribution in [3.8, 4) is 0 Å². The molecule has 2 atom stereocenters. The molecule has 0 aliphatic carbocycles. The molecule has 0 N–H and O–H groups in total. The van der Waals surface area contributed by atoms with Crippen LogP contribution in [0.25, 0.3) is 0 Å². The van der Waals surface area contributed by atoms with E-state index in [4.69, 9.17) is 9.47 Å². The van der Waals surface area contributed by atoms with Crippen LogP contribution in [0.15, 0.2) is 0 Å². The molecule has 1 spiro atoms. The van der Waals surface area contributed by atoms with Gasteiger partial charge in [-0.15, -0.1) is 0 Å². The molecule has 0 radical (unpaired) electrons. The van der Waals surface area contributed by atoms with Crippen LogP contribution in [0.5, 0.6) is 0 Å². The quantitative estimate of drug-likeness (QED) is 0.549. The highest BCUT2D eigenvalue weighted by Crippen LogP contribution is 2.41. The van der Waals surface area contributed by atoms with Gasteiger partial charge in [-0.2, -0.15) is 0 Å². The number of aldehydes is 1. The summed E-state index contributed by atoms with van der Waals surface area (Å²) < 4.78 is 11.0. The zero-order valence-electron chi connectivity index (χ0n) is 7.34. The van der Waals surface area contributed by atoms with Crippen molar-refractivity contribution in [1.82, 2.24) is 0 Å². The first-order valence-electron chi connectivity index (χ1n) is 4.42. The van der Waals surface area contributed by atoms with Crippen LogP contribution >= 0.6 is 0 Å². The van der Waals surface area contributed by atoms with Gasteiger partial charge in [-0.3, -0.25) is 0 Å². The van der Waals surface area contributed by atoms with Crippen molar-refractivity contribution < 1.29 is 14.3 Å². The van der Waals surface area contributed by atoms with Crippen molar-refractivity contribution in [2.24, 2.45) is 0 Å². The minimum Gasteiger partial charge on any atom is -0.378 e. The van der Waals surface area contributed by atoms with Gasteiger partial charge in [0.05, 0.1) is 12.2 Å². The van der Waals surface area contributed by atoms with Gasteiger partial charge in [0, 0.05) is 13.0 Å². The summed E-state index contributed by atoms with van der Waals surface area (Å²) in [4.78, 5) is 10.7. The lowest BCUT2D eigenvalue weighted by atomic mass is 9.97. The summed E-state index contributed by atoms with van der Waals surface area (Å²) in [7, 11) is 0. The standard InChI is InChI=1S/C9H14O3/c1-8(6-10)2-3-9(12-8)4-5-11-7-9/h6H,2-5,7H2,1H3. The summed E-state index contributed by atoms with van der Waals surface area (Å²) >= 11 is 0. The van der Waals surface area contributed by atoms with E-state index in [0.717, 1.165) is 32.2 Å². The van der Waals surface area contributed by atoms with E-state index in [1.54, 1.807) is 0 Å². The van der Waals surface area contributed by atoms with Crippen LogP contribution in [0.2, 0.25) is 0 Å². The van der Waals surface area contributed by atoms with E-state index in [1.165, 1.54) is 0 Å². The lowest BCUT2D eigenvalue weighted by Gasteiger charge is -2.24. The zero-order valence-corrected chi connectivity index (χ0v) is 7.34. The number of ether oxygens (including phenoxy) is 2. The minimum atomic E-state index is -0.548. The average molecular weight is 170 g/mol. The first-order chi connectivity index (χ1) is 5.68. The van der Waals surface area contributed by atoms with Crippen LogP contribution in [-0.4, -0.2) is 30.7 Å². The van der Waals surface area contributed by atoms with Gasteiger partial charge in [0.15, 0.2) is 6.29 Å². The van der Waals surface area contributed by atoms with Crippen LogP contribution in [0, 0.1) is 0 Å². The second-order valence-electron chi connectivity index (χ2n) is 4.02. The Labute approximate surface area is 72.0 Å². The first-order valence-corrected chi connectivity index (χ1v) is 4.42. The highest BCUT2D eigenvalue weighted by molar-refractivity contribution is 5.62. The number of rotatable bonds is 1. The highest BCUT2D eigenvalue weighted by Gasteiger charge is 2.48. The highest BCUT2D eigenvalue weighted by atomic mass is 16.6. The van der Waals surface area contributed by atoms with Crippen molar-refractivity contribution in [1.29, 1.82) is 0 Å². The van der Waals surface area contributed by atoms with Gasteiger partial charge in [-0.1, -0.05) is 0 Å². The second kappa shape index (κ2) is 2.54. The van der Waals surface area contributed by atoms with E-state index in [2.05, 4.69) is 0 Å². The third-order valence-corrected chi connectivity index (χ3v) is 2.84. The van der Waals surface area contributed by atoms with Crippen LogP contribution in [-0.2, 0) is 14.3 Å². The van der Waals surface area contributed by atoms with Gasteiger partial charge in [0.2, 0.25) is 0 Å². The Morgan fingerprint density at radius 2 is 2.17 bits per heavy atom. The molecule has 2 aliphatic rings. The predicted octanol–water partition coefficient (Wildman–Crippen LogP) is 0.913. The SMILES string of the molecule is CC1(C=O)CCC2(CCOC2)O1. The number of carbonyl (C=O) groups excluding carboxylic acids is 1. The van der Waals surface area contributed by atoms with Crippen LogP contribution in [0.4, 0.5) is 0 Å². The Hall–Kier alpha value is -0.410. The third-order valence-electron chi connectivity index (χ3n) is 2.84. The lowest BCUT2D eigenvalue weighted by molar-refractivity contribution is -0.137. The number of hydrogen-bond donors (Lipinski definition) is 0. The van der Waals surface area contributed by atoms with E-state index in [0.29, 0.717) is 6.61 Å². The second-order valence-corrected chi connectivity index (χ2v) is 4.02. The molecular weight excluding hydrogens is 156 g/mol. The Morgan fingerprint density at radius 1 is 1.33 bits per heavy atom. The molecule has 0 aromatic carbocycles. The van der Waals surface area contributed by atoms with E-state index >= 15 is 0 Å². The van der Waals surface area contributed by atoms with Crippen molar-refractivity contribution >= 4 is 6.29 Å². The van der Waals surface area contributed by atoms with Gasteiger partial charge in [-0.25, -0.2) is 0 Å². The zero-order chi connectivity index (χ0) is 8.66. The van der Waals surface area contributed by atoms with Crippen molar-refractivity contribution in [2.75, 3.05) is 13.2 Å². The minimum absolute atomic E-state index is 0.129. The number of carbonyl (C=O) groups is 1. The molecule has 0 aromatic rings. The van der Waals surface area contributed by atoms with Crippen LogP contribution in [0.1, 0.15) is 26.2 Å². The molecule has 2 rings (SSSR count). The Bertz CT molecular complexity index is 196. The molecule has 0 saturated carbocycles. The largest absolute Gasteiger partial charge is 0.378 e. The van der Waals surface area contributed by atoms with E-state index in [9.17, 15) is 4.79 Å². The Kier molecular flexibility index (Phi) is 1.73. The molecule has 0 amide bonds. The molecule has 3 heteroatoms.